The predicted octanol–water partition coefficient (Wildman–Crippen LogP) is 11.6. The number of carbonyl (C=O) groups is 4. The van der Waals surface area contributed by atoms with Crippen molar-refractivity contribution in [3.63, 3.8) is 0 Å². The largest absolute Gasteiger partial charge is 0.465 e. The molecule has 0 radical (unpaired) electrons. The molecule has 0 fully saturated rings. The van der Waals surface area contributed by atoms with E-state index in [0.29, 0.717) is 70.1 Å². The van der Waals surface area contributed by atoms with Crippen molar-refractivity contribution in [2.45, 2.75) is 214 Å². The number of nitrogens with zero attached hydrogens (tertiary/aromatic N) is 1. The minimum atomic E-state index is -0.243. The Labute approximate surface area is 363 Å². The van der Waals surface area contributed by atoms with Crippen molar-refractivity contribution in [2.75, 3.05) is 60.2 Å². The van der Waals surface area contributed by atoms with Crippen molar-refractivity contribution in [3.8, 4) is 0 Å². The molecule has 0 aliphatic carbocycles. The Morgan fingerprint density at radius 2 is 0.729 bits per heavy atom. The van der Waals surface area contributed by atoms with Crippen molar-refractivity contribution < 1.29 is 38.1 Å². The first-order valence-electron chi connectivity index (χ1n) is 24.6. The highest BCUT2D eigenvalue weighted by atomic mass is 16.5. The highest BCUT2D eigenvalue weighted by Gasteiger charge is 2.17. The maximum absolute atomic E-state index is 12.6. The molecular formula is C49H94N2O8. The van der Waals surface area contributed by atoms with Crippen LogP contribution >= 0.6 is 0 Å². The standard InChI is InChI=1S/C49H94N2O8/c1-7-11-15-21-30-43(28-13-9-3)39-56-46(52)32-23-17-19-25-34-48(54)58-41-45(38-50-36-27-37-51(5)6)42-59-49(55)35-26-20-18-24-33-47(53)57-40-44(29-14-10-4)31-22-16-12-8-2/h43-45,50H,7-42H2,1-6H3. The fourth-order valence-electron chi connectivity index (χ4n) is 7.24. The van der Waals surface area contributed by atoms with Gasteiger partial charge in [-0.2, -0.15) is 0 Å². The summed E-state index contributed by atoms with van der Waals surface area (Å²) in [5.41, 5.74) is 0. The smallest absolute Gasteiger partial charge is 0.305 e. The van der Waals surface area contributed by atoms with Gasteiger partial charge in [0.05, 0.1) is 26.4 Å². The lowest BCUT2D eigenvalue weighted by Crippen LogP contribution is -2.32. The van der Waals surface area contributed by atoms with Crippen LogP contribution in [0.2, 0.25) is 0 Å². The van der Waals surface area contributed by atoms with Crippen LogP contribution in [-0.2, 0) is 38.1 Å². The van der Waals surface area contributed by atoms with Gasteiger partial charge in [0.2, 0.25) is 0 Å². The molecule has 0 amide bonds. The third-order valence-corrected chi connectivity index (χ3v) is 11.2. The van der Waals surface area contributed by atoms with E-state index >= 15 is 0 Å². The molecule has 0 aromatic carbocycles. The minimum Gasteiger partial charge on any atom is -0.465 e. The molecule has 2 atom stereocenters. The van der Waals surface area contributed by atoms with E-state index in [1.807, 2.05) is 14.1 Å². The van der Waals surface area contributed by atoms with Crippen LogP contribution in [-0.4, -0.2) is 88.9 Å². The third-order valence-electron chi connectivity index (χ3n) is 11.2. The minimum absolute atomic E-state index is 0.106. The van der Waals surface area contributed by atoms with Gasteiger partial charge in [-0.05, 0) is 96.8 Å². The molecule has 0 saturated carbocycles. The zero-order valence-corrected chi connectivity index (χ0v) is 39.4. The number of nitrogens with one attached hydrogen (secondary N) is 1. The molecule has 0 bridgehead atoms. The second kappa shape index (κ2) is 42.5. The van der Waals surface area contributed by atoms with Crippen LogP contribution in [0.25, 0.3) is 0 Å². The maximum Gasteiger partial charge on any atom is 0.305 e. The molecule has 10 heteroatoms. The van der Waals surface area contributed by atoms with Gasteiger partial charge >= 0.3 is 23.9 Å². The van der Waals surface area contributed by atoms with Crippen LogP contribution in [0.1, 0.15) is 214 Å². The zero-order chi connectivity index (χ0) is 43.6. The first-order chi connectivity index (χ1) is 28.6. The Morgan fingerprint density at radius 3 is 1.07 bits per heavy atom. The van der Waals surface area contributed by atoms with Crippen LogP contribution in [0, 0.1) is 17.8 Å². The Hall–Kier alpha value is -2.20. The first-order valence-corrected chi connectivity index (χ1v) is 24.6. The summed E-state index contributed by atoms with van der Waals surface area (Å²) in [6.07, 6.45) is 28.2. The van der Waals surface area contributed by atoms with E-state index in [2.05, 4.69) is 37.9 Å². The van der Waals surface area contributed by atoms with Crippen LogP contribution in [0.4, 0.5) is 0 Å². The van der Waals surface area contributed by atoms with Crippen molar-refractivity contribution in [1.82, 2.24) is 10.2 Å². The molecule has 0 aliphatic heterocycles. The number of hydrogen-bond donors (Lipinski definition) is 1. The molecule has 2 unspecified atom stereocenters. The summed E-state index contributed by atoms with van der Waals surface area (Å²) < 4.78 is 22.6. The normalized spacial score (nSPS) is 12.9. The molecule has 0 aromatic rings. The molecular weight excluding hydrogens is 745 g/mol. The molecule has 0 aromatic heterocycles. The lowest BCUT2D eigenvalue weighted by Gasteiger charge is -2.18. The van der Waals surface area contributed by atoms with Gasteiger partial charge in [0, 0.05) is 38.1 Å². The zero-order valence-electron chi connectivity index (χ0n) is 39.4. The summed E-state index contributed by atoms with van der Waals surface area (Å²) in [5, 5.41) is 3.43. The van der Waals surface area contributed by atoms with Crippen LogP contribution < -0.4 is 5.32 Å². The third kappa shape index (κ3) is 39.7. The summed E-state index contributed by atoms with van der Waals surface area (Å²) in [6, 6.07) is 0. The summed E-state index contributed by atoms with van der Waals surface area (Å²) >= 11 is 0. The van der Waals surface area contributed by atoms with Gasteiger partial charge in [0.15, 0.2) is 0 Å². The lowest BCUT2D eigenvalue weighted by molar-refractivity contribution is -0.149. The van der Waals surface area contributed by atoms with Crippen molar-refractivity contribution in [3.05, 3.63) is 0 Å². The second-order valence-electron chi connectivity index (χ2n) is 17.5. The number of ether oxygens (including phenoxy) is 4. The van der Waals surface area contributed by atoms with Crippen LogP contribution in [0.15, 0.2) is 0 Å². The molecule has 0 rings (SSSR count). The van der Waals surface area contributed by atoms with Gasteiger partial charge in [-0.15, -0.1) is 0 Å². The summed E-state index contributed by atoms with van der Waals surface area (Å²) in [6.45, 7) is 12.7. The van der Waals surface area contributed by atoms with E-state index in [-0.39, 0.29) is 43.0 Å². The highest BCUT2D eigenvalue weighted by Crippen LogP contribution is 2.20. The van der Waals surface area contributed by atoms with Gasteiger partial charge in [-0.1, -0.05) is 130 Å². The number of rotatable bonds is 44. The summed E-state index contributed by atoms with van der Waals surface area (Å²) in [4.78, 5) is 52.1. The lowest BCUT2D eigenvalue weighted by atomic mass is 9.96. The summed E-state index contributed by atoms with van der Waals surface area (Å²) in [7, 11) is 4.10. The van der Waals surface area contributed by atoms with Crippen molar-refractivity contribution in [2.24, 2.45) is 17.8 Å². The van der Waals surface area contributed by atoms with E-state index in [0.717, 1.165) is 83.7 Å². The van der Waals surface area contributed by atoms with Crippen molar-refractivity contribution in [1.29, 1.82) is 0 Å². The van der Waals surface area contributed by atoms with E-state index in [1.54, 1.807) is 0 Å². The van der Waals surface area contributed by atoms with E-state index in [4.69, 9.17) is 18.9 Å². The van der Waals surface area contributed by atoms with Gasteiger partial charge in [-0.25, -0.2) is 0 Å². The first kappa shape index (κ1) is 56.8. The SMILES string of the molecule is CCCCCCC(CCCC)COC(=O)CCCCCCC(=O)OCC(CNCCCN(C)C)COC(=O)CCCCCCC(=O)OCC(CCCC)CCCCCC. The van der Waals surface area contributed by atoms with E-state index < -0.39 is 0 Å². The van der Waals surface area contributed by atoms with Gasteiger partial charge in [-0.3, -0.25) is 19.2 Å². The highest BCUT2D eigenvalue weighted by molar-refractivity contribution is 5.70. The Morgan fingerprint density at radius 1 is 0.407 bits per heavy atom. The number of hydrogen-bond acceptors (Lipinski definition) is 10. The topological polar surface area (TPSA) is 120 Å². The maximum atomic E-state index is 12.6. The predicted molar refractivity (Wildman–Crippen MR) is 242 cm³/mol. The summed E-state index contributed by atoms with van der Waals surface area (Å²) in [5.74, 6) is 0.119. The van der Waals surface area contributed by atoms with Crippen LogP contribution in [0.5, 0.6) is 0 Å². The monoisotopic (exact) mass is 839 g/mol. The molecule has 0 aliphatic rings. The molecule has 59 heavy (non-hydrogen) atoms. The Kier molecular flexibility index (Phi) is 40.9. The number of carbonyl (C=O) groups excluding carboxylic acids is 4. The molecule has 0 spiro atoms. The van der Waals surface area contributed by atoms with E-state index in [1.165, 1.54) is 77.0 Å². The Balaban J connectivity index is 4.38. The number of esters is 4. The average molecular weight is 839 g/mol. The van der Waals surface area contributed by atoms with Crippen LogP contribution in [0.3, 0.4) is 0 Å². The Bertz CT molecular complexity index is 925. The molecule has 348 valence electrons. The average Bonchev–Trinajstić information content (AvgIpc) is 3.22. The van der Waals surface area contributed by atoms with Gasteiger partial charge < -0.3 is 29.2 Å². The van der Waals surface area contributed by atoms with Crippen molar-refractivity contribution >= 4 is 23.9 Å². The number of unbranched alkanes of at least 4 members (excludes halogenated alkanes) is 14. The molecule has 1 N–H and O–H groups in total. The molecule has 0 saturated heterocycles. The molecule has 0 heterocycles. The fourth-order valence-corrected chi connectivity index (χ4v) is 7.24. The van der Waals surface area contributed by atoms with E-state index in [9.17, 15) is 19.2 Å². The fraction of sp³-hybridized carbons (Fsp3) is 0.918. The van der Waals surface area contributed by atoms with Gasteiger partial charge in [0.25, 0.3) is 0 Å². The second-order valence-corrected chi connectivity index (χ2v) is 17.5. The quantitative estimate of drug-likeness (QED) is 0.0361. The molecule has 10 nitrogen and oxygen atoms in total. The van der Waals surface area contributed by atoms with Gasteiger partial charge in [0.1, 0.15) is 0 Å².